The molecule has 0 unspecified atom stereocenters. The smallest absolute Gasteiger partial charge is 0.151 e. The predicted molar refractivity (Wildman–Crippen MR) is 111 cm³/mol. The van der Waals surface area contributed by atoms with Gasteiger partial charge in [0.2, 0.25) is 0 Å². The van der Waals surface area contributed by atoms with Crippen LogP contribution in [0.4, 0.5) is 5.82 Å². The maximum Gasteiger partial charge on any atom is 0.151 e. The van der Waals surface area contributed by atoms with E-state index in [1.807, 2.05) is 18.2 Å². The fourth-order valence-electron chi connectivity index (χ4n) is 4.45. The van der Waals surface area contributed by atoms with E-state index in [1.165, 1.54) is 19.0 Å². The van der Waals surface area contributed by atoms with Gasteiger partial charge in [0.15, 0.2) is 5.82 Å². The second-order valence-electron chi connectivity index (χ2n) is 7.69. The topological polar surface area (TPSA) is 111 Å². The Morgan fingerprint density at radius 1 is 1.21 bits per heavy atom. The quantitative estimate of drug-likeness (QED) is 0.594. The summed E-state index contributed by atoms with van der Waals surface area (Å²) in [5, 5.41) is 30.0. The highest BCUT2D eigenvalue weighted by molar-refractivity contribution is 6.08. The largest absolute Gasteiger partial charge is 0.507 e. The van der Waals surface area contributed by atoms with Crippen LogP contribution in [-0.2, 0) is 0 Å². The number of anilines is 1. The van der Waals surface area contributed by atoms with E-state index in [0.717, 1.165) is 37.0 Å². The maximum absolute atomic E-state index is 10.4. The fourth-order valence-corrected chi connectivity index (χ4v) is 4.45. The number of fused-ring (bicyclic) bond motifs is 1. The van der Waals surface area contributed by atoms with Crippen molar-refractivity contribution >= 4 is 17.6 Å². The van der Waals surface area contributed by atoms with Gasteiger partial charge in [0.05, 0.1) is 5.69 Å². The van der Waals surface area contributed by atoms with Crippen molar-refractivity contribution in [3.8, 4) is 17.0 Å². The third-order valence-electron chi connectivity index (χ3n) is 6.13. The molecule has 5 N–H and O–H groups in total. The Hall–Kier alpha value is -2.93. The second-order valence-corrected chi connectivity index (χ2v) is 7.69. The SMILES string of the molecule is CN(c1ccc(-c2ccc(/C(C=N)=C/N)cc2O)nn1)[C@@H]1C[C@H]2CNC[C@H]2C1. The minimum absolute atomic E-state index is 0.0882. The monoisotopic (exact) mass is 378 g/mol. The van der Waals surface area contributed by atoms with E-state index < -0.39 is 0 Å². The van der Waals surface area contributed by atoms with Gasteiger partial charge in [0.25, 0.3) is 0 Å². The van der Waals surface area contributed by atoms with Gasteiger partial charge in [-0.15, -0.1) is 10.2 Å². The Labute approximate surface area is 164 Å². The summed E-state index contributed by atoms with van der Waals surface area (Å²) in [6, 6.07) is 9.53. The number of hydrogen-bond acceptors (Lipinski definition) is 7. The Morgan fingerprint density at radius 3 is 2.54 bits per heavy atom. The Morgan fingerprint density at radius 2 is 1.96 bits per heavy atom. The summed E-state index contributed by atoms with van der Waals surface area (Å²) in [4.78, 5) is 2.24. The van der Waals surface area contributed by atoms with Gasteiger partial charge >= 0.3 is 0 Å². The number of allylic oxidation sites excluding steroid dienone is 1. The first kappa shape index (κ1) is 18.4. The molecule has 0 amide bonds. The number of aromatic nitrogens is 2. The molecular formula is C21H26N6O. The molecule has 0 bridgehead atoms. The van der Waals surface area contributed by atoms with Gasteiger partial charge in [-0.3, -0.25) is 0 Å². The van der Waals surface area contributed by atoms with Gasteiger partial charge in [-0.1, -0.05) is 6.07 Å². The van der Waals surface area contributed by atoms with Crippen LogP contribution in [0.25, 0.3) is 16.8 Å². The van der Waals surface area contributed by atoms with Crippen molar-refractivity contribution in [3.63, 3.8) is 0 Å². The second kappa shape index (κ2) is 7.59. The number of hydrogen-bond donors (Lipinski definition) is 4. The first-order chi connectivity index (χ1) is 13.6. The molecule has 2 aromatic rings. The average Bonchev–Trinajstić information content (AvgIpc) is 3.31. The number of phenolic OH excluding ortho intramolecular Hbond substituents is 1. The molecule has 2 aliphatic rings. The number of nitrogens with one attached hydrogen (secondary N) is 2. The van der Waals surface area contributed by atoms with Gasteiger partial charge in [0, 0.05) is 36.6 Å². The highest BCUT2D eigenvalue weighted by Crippen LogP contribution is 2.38. The van der Waals surface area contributed by atoms with Crippen LogP contribution in [-0.4, -0.2) is 47.7 Å². The minimum atomic E-state index is 0.0882. The lowest BCUT2D eigenvalue weighted by Gasteiger charge is -2.26. The average molecular weight is 378 g/mol. The maximum atomic E-state index is 10.4. The molecule has 146 valence electrons. The molecule has 0 radical (unpaired) electrons. The molecular weight excluding hydrogens is 352 g/mol. The van der Waals surface area contributed by atoms with Gasteiger partial charge in [-0.05, 0) is 67.6 Å². The fraction of sp³-hybridized carbons (Fsp3) is 0.381. The minimum Gasteiger partial charge on any atom is -0.507 e. The van der Waals surface area contributed by atoms with Crippen LogP contribution in [0.1, 0.15) is 18.4 Å². The molecule has 28 heavy (non-hydrogen) atoms. The summed E-state index contributed by atoms with van der Waals surface area (Å²) in [5.74, 6) is 2.51. The lowest BCUT2D eigenvalue weighted by atomic mass is 10.0. The third-order valence-corrected chi connectivity index (χ3v) is 6.13. The number of aromatic hydroxyl groups is 1. The van der Waals surface area contributed by atoms with Crippen LogP contribution < -0.4 is 16.0 Å². The van der Waals surface area contributed by atoms with Crippen molar-refractivity contribution in [1.29, 1.82) is 5.41 Å². The number of phenols is 1. The Bertz CT molecular complexity index is 882. The van der Waals surface area contributed by atoms with E-state index in [2.05, 4.69) is 27.5 Å². The van der Waals surface area contributed by atoms with E-state index in [1.54, 1.807) is 12.1 Å². The molecule has 1 aliphatic heterocycles. The van der Waals surface area contributed by atoms with Crippen molar-refractivity contribution in [2.45, 2.75) is 18.9 Å². The molecule has 1 saturated carbocycles. The van der Waals surface area contributed by atoms with Gasteiger partial charge < -0.3 is 26.5 Å². The van der Waals surface area contributed by atoms with Crippen LogP contribution in [0.15, 0.2) is 36.5 Å². The van der Waals surface area contributed by atoms with Gasteiger partial charge in [0.1, 0.15) is 5.75 Å². The molecule has 7 nitrogen and oxygen atoms in total. The summed E-state index contributed by atoms with van der Waals surface area (Å²) in [5.41, 5.74) is 7.96. The molecule has 1 aliphatic carbocycles. The van der Waals surface area contributed by atoms with Gasteiger partial charge in [-0.25, -0.2) is 0 Å². The van der Waals surface area contributed by atoms with Crippen molar-refractivity contribution in [2.75, 3.05) is 25.0 Å². The summed E-state index contributed by atoms with van der Waals surface area (Å²) >= 11 is 0. The predicted octanol–water partition coefficient (Wildman–Crippen LogP) is 2.23. The summed E-state index contributed by atoms with van der Waals surface area (Å²) < 4.78 is 0. The number of nitrogens with zero attached hydrogens (tertiary/aromatic N) is 3. The van der Waals surface area contributed by atoms with Crippen LogP contribution in [0.3, 0.4) is 0 Å². The van der Waals surface area contributed by atoms with Crippen molar-refractivity contribution in [2.24, 2.45) is 17.6 Å². The van der Waals surface area contributed by atoms with E-state index >= 15 is 0 Å². The lowest BCUT2D eigenvalue weighted by Crippen LogP contribution is -2.31. The molecule has 7 heteroatoms. The van der Waals surface area contributed by atoms with Crippen molar-refractivity contribution in [3.05, 3.63) is 42.1 Å². The van der Waals surface area contributed by atoms with Crippen LogP contribution in [0, 0.1) is 17.2 Å². The highest BCUT2D eigenvalue weighted by atomic mass is 16.3. The van der Waals surface area contributed by atoms with E-state index in [0.29, 0.717) is 28.4 Å². The van der Waals surface area contributed by atoms with Crippen LogP contribution in [0.2, 0.25) is 0 Å². The van der Waals surface area contributed by atoms with Crippen LogP contribution >= 0.6 is 0 Å². The van der Waals surface area contributed by atoms with E-state index in [-0.39, 0.29) is 5.75 Å². The van der Waals surface area contributed by atoms with Crippen molar-refractivity contribution < 1.29 is 5.11 Å². The standard InChI is InChI=1S/C21H26N6O/c1-27(17-6-14-11-24-12-15(14)7-17)21-5-4-19(25-26-21)18-3-2-13(8-20(18)28)16(9-22)10-23/h2-5,8-10,14-15,17,22,24,28H,6-7,11-12,23H2,1H3/b16-10+,22-9?/t14-,15+,17+. The molecule has 1 aromatic heterocycles. The summed E-state index contributed by atoms with van der Waals surface area (Å²) in [6.07, 6.45) is 4.90. The Balaban J connectivity index is 1.51. The first-order valence-electron chi connectivity index (χ1n) is 9.64. The molecule has 0 spiro atoms. The third kappa shape index (κ3) is 3.33. The molecule has 3 atom stereocenters. The summed E-state index contributed by atoms with van der Waals surface area (Å²) in [7, 11) is 2.09. The zero-order valence-corrected chi connectivity index (χ0v) is 16.0. The molecule has 1 aromatic carbocycles. The summed E-state index contributed by atoms with van der Waals surface area (Å²) in [6.45, 7) is 2.27. The van der Waals surface area contributed by atoms with Crippen molar-refractivity contribution in [1.82, 2.24) is 15.5 Å². The zero-order chi connectivity index (χ0) is 19.7. The molecule has 4 rings (SSSR count). The number of rotatable bonds is 5. The molecule has 1 saturated heterocycles. The van der Waals surface area contributed by atoms with Gasteiger partial charge in [-0.2, -0.15) is 0 Å². The number of nitrogens with two attached hydrogens (primary N) is 1. The normalized spacial score (nSPS) is 24.2. The van der Waals surface area contributed by atoms with E-state index in [4.69, 9.17) is 11.1 Å². The molecule has 2 heterocycles. The molecule has 2 fully saturated rings. The van der Waals surface area contributed by atoms with E-state index in [9.17, 15) is 5.11 Å². The van der Waals surface area contributed by atoms with Crippen LogP contribution in [0.5, 0.6) is 5.75 Å². The zero-order valence-electron chi connectivity index (χ0n) is 16.0. The Kier molecular flexibility index (Phi) is 5.00. The lowest BCUT2D eigenvalue weighted by molar-refractivity contribution is 0.477. The number of benzene rings is 1. The first-order valence-corrected chi connectivity index (χ1v) is 9.64. The highest BCUT2D eigenvalue weighted by Gasteiger charge is 2.39.